The molecule has 0 spiro atoms. The van der Waals surface area contributed by atoms with E-state index in [0.29, 0.717) is 17.3 Å². The minimum absolute atomic E-state index is 0.0513. The average molecular weight is 404 g/mol. The van der Waals surface area contributed by atoms with E-state index in [1.54, 1.807) is 6.07 Å². The van der Waals surface area contributed by atoms with Crippen molar-refractivity contribution >= 4 is 35.0 Å². The zero-order valence-corrected chi connectivity index (χ0v) is 14.8. The highest BCUT2D eigenvalue weighted by molar-refractivity contribution is 7.99. The van der Waals surface area contributed by atoms with Crippen molar-refractivity contribution in [3.8, 4) is 11.5 Å². The van der Waals surface area contributed by atoms with Crippen LogP contribution in [0.1, 0.15) is 11.1 Å². The molecule has 26 heavy (non-hydrogen) atoms. The van der Waals surface area contributed by atoms with Crippen LogP contribution in [0.3, 0.4) is 0 Å². The number of ether oxygens (including phenoxy) is 2. The Morgan fingerprint density at radius 2 is 1.92 bits per heavy atom. The summed E-state index contributed by atoms with van der Waals surface area (Å²) in [6, 6.07) is 8.76. The van der Waals surface area contributed by atoms with Crippen molar-refractivity contribution < 1.29 is 27.4 Å². The molecular formula is C17H13ClF3NO3S. The average Bonchev–Trinajstić information content (AvgIpc) is 3.03. The molecular weight excluding hydrogens is 391 g/mol. The van der Waals surface area contributed by atoms with Crippen LogP contribution in [0, 0.1) is 0 Å². The molecule has 1 aliphatic heterocycles. The third-order valence-corrected chi connectivity index (χ3v) is 4.83. The van der Waals surface area contributed by atoms with Crippen LogP contribution in [-0.4, -0.2) is 18.5 Å². The summed E-state index contributed by atoms with van der Waals surface area (Å²) in [4.78, 5) is 11.9. The quantitative estimate of drug-likeness (QED) is 0.766. The Kier molecular flexibility index (Phi) is 5.52. The van der Waals surface area contributed by atoms with E-state index in [2.05, 4.69) is 5.32 Å². The van der Waals surface area contributed by atoms with Crippen molar-refractivity contribution in [2.75, 3.05) is 17.9 Å². The lowest BCUT2D eigenvalue weighted by atomic mass is 10.2. The van der Waals surface area contributed by atoms with Gasteiger partial charge >= 0.3 is 6.18 Å². The second-order valence-electron chi connectivity index (χ2n) is 5.42. The third kappa shape index (κ3) is 4.56. The van der Waals surface area contributed by atoms with Gasteiger partial charge in [-0.3, -0.25) is 4.79 Å². The summed E-state index contributed by atoms with van der Waals surface area (Å²) in [6.45, 7) is 0.190. The topological polar surface area (TPSA) is 47.6 Å². The molecule has 1 heterocycles. The van der Waals surface area contributed by atoms with E-state index in [9.17, 15) is 18.0 Å². The van der Waals surface area contributed by atoms with Crippen molar-refractivity contribution in [1.29, 1.82) is 0 Å². The number of thioether (sulfide) groups is 1. The Balaban J connectivity index is 1.53. The number of rotatable bonds is 5. The molecule has 1 aliphatic rings. The number of hydrogen-bond donors (Lipinski definition) is 1. The van der Waals surface area contributed by atoms with Crippen LogP contribution < -0.4 is 14.8 Å². The van der Waals surface area contributed by atoms with E-state index < -0.39 is 22.7 Å². The van der Waals surface area contributed by atoms with E-state index in [4.69, 9.17) is 21.1 Å². The maximum atomic E-state index is 12.8. The van der Waals surface area contributed by atoms with Gasteiger partial charge in [-0.1, -0.05) is 17.7 Å². The van der Waals surface area contributed by atoms with Gasteiger partial charge < -0.3 is 14.8 Å². The van der Waals surface area contributed by atoms with Crippen molar-refractivity contribution in [1.82, 2.24) is 0 Å². The molecule has 0 bridgehead atoms. The molecule has 2 aromatic carbocycles. The lowest BCUT2D eigenvalue weighted by Gasteiger charge is -2.11. The summed E-state index contributed by atoms with van der Waals surface area (Å²) in [5.41, 5.74) is 0.0262. The van der Waals surface area contributed by atoms with Gasteiger partial charge in [0.15, 0.2) is 11.5 Å². The van der Waals surface area contributed by atoms with E-state index in [-0.39, 0.29) is 18.2 Å². The van der Waals surface area contributed by atoms with Crippen LogP contribution in [0.4, 0.5) is 18.9 Å². The van der Waals surface area contributed by atoms with Gasteiger partial charge in [0.25, 0.3) is 0 Å². The van der Waals surface area contributed by atoms with Crippen molar-refractivity contribution in [2.45, 2.75) is 11.9 Å². The summed E-state index contributed by atoms with van der Waals surface area (Å²) in [6.07, 6.45) is -4.58. The standard InChI is InChI=1S/C17H13ClF3NO3S/c18-13-3-2-11(6-12(13)17(19,20)21)22-16(23)8-26-7-10-1-4-14-15(5-10)25-9-24-14/h1-6H,7-9H2,(H,22,23). The summed E-state index contributed by atoms with van der Waals surface area (Å²) in [7, 11) is 0. The van der Waals surface area contributed by atoms with Gasteiger partial charge in [0.2, 0.25) is 12.7 Å². The molecule has 0 saturated heterocycles. The first kappa shape index (κ1) is 18.7. The van der Waals surface area contributed by atoms with Crippen molar-refractivity contribution in [3.05, 3.63) is 52.5 Å². The van der Waals surface area contributed by atoms with E-state index in [0.717, 1.165) is 17.7 Å². The van der Waals surface area contributed by atoms with Crippen LogP contribution in [0.15, 0.2) is 36.4 Å². The molecule has 2 aromatic rings. The fourth-order valence-electron chi connectivity index (χ4n) is 2.31. The van der Waals surface area contributed by atoms with Crippen LogP contribution in [0.5, 0.6) is 11.5 Å². The molecule has 4 nitrogen and oxygen atoms in total. The van der Waals surface area contributed by atoms with Crippen LogP contribution in [0.25, 0.3) is 0 Å². The normalized spacial score (nSPS) is 12.9. The number of alkyl halides is 3. The minimum atomic E-state index is -4.58. The van der Waals surface area contributed by atoms with E-state index >= 15 is 0 Å². The van der Waals surface area contributed by atoms with Gasteiger partial charge in [-0.15, -0.1) is 11.8 Å². The van der Waals surface area contributed by atoms with Gasteiger partial charge in [0.1, 0.15) is 0 Å². The Morgan fingerprint density at radius 3 is 2.69 bits per heavy atom. The minimum Gasteiger partial charge on any atom is -0.454 e. The van der Waals surface area contributed by atoms with Gasteiger partial charge in [0.05, 0.1) is 16.3 Å². The Bertz CT molecular complexity index is 829. The van der Waals surface area contributed by atoms with Gasteiger partial charge in [-0.05, 0) is 35.9 Å². The highest BCUT2D eigenvalue weighted by Crippen LogP contribution is 2.36. The zero-order chi connectivity index (χ0) is 18.7. The lowest BCUT2D eigenvalue weighted by Crippen LogP contribution is -2.15. The Labute approximate surface area is 156 Å². The summed E-state index contributed by atoms with van der Waals surface area (Å²) in [5, 5.41) is 2.04. The predicted octanol–water partition coefficient (Wildman–Crippen LogP) is 4.96. The molecule has 0 aliphatic carbocycles. The largest absolute Gasteiger partial charge is 0.454 e. The fraction of sp³-hybridized carbons (Fsp3) is 0.235. The summed E-state index contributed by atoms with van der Waals surface area (Å²) < 4.78 is 49.0. The monoisotopic (exact) mass is 403 g/mol. The predicted molar refractivity (Wildman–Crippen MR) is 93.8 cm³/mol. The number of anilines is 1. The number of carbonyl (C=O) groups is 1. The fourth-order valence-corrected chi connectivity index (χ4v) is 3.31. The first-order valence-electron chi connectivity index (χ1n) is 7.46. The first-order chi connectivity index (χ1) is 12.3. The molecule has 0 radical (unpaired) electrons. The molecule has 1 amide bonds. The number of benzene rings is 2. The maximum Gasteiger partial charge on any atom is 0.417 e. The number of hydrogen-bond acceptors (Lipinski definition) is 4. The van der Waals surface area contributed by atoms with Crippen LogP contribution >= 0.6 is 23.4 Å². The van der Waals surface area contributed by atoms with E-state index in [1.165, 1.54) is 17.8 Å². The van der Waals surface area contributed by atoms with Gasteiger partial charge in [0, 0.05) is 11.4 Å². The number of carbonyl (C=O) groups excluding carboxylic acids is 1. The van der Waals surface area contributed by atoms with Crippen molar-refractivity contribution in [2.24, 2.45) is 0 Å². The number of halogens is 4. The van der Waals surface area contributed by atoms with Gasteiger partial charge in [-0.2, -0.15) is 13.2 Å². The van der Waals surface area contributed by atoms with Crippen LogP contribution in [0.2, 0.25) is 5.02 Å². The number of fused-ring (bicyclic) bond motifs is 1. The smallest absolute Gasteiger partial charge is 0.417 e. The number of amides is 1. The Hall–Kier alpha value is -2.06. The van der Waals surface area contributed by atoms with Gasteiger partial charge in [-0.25, -0.2) is 0 Å². The summed E-state index contributed by atoms with van der Waals surface area (Å²) in [5.74, 6) is 1.59. The molecule has 0 atom stereocenters. The second kappa shape index (κ2) is 7.67. The third-order valence-electron chi connectivity index (χ3n) is 3.49. The molecule has 0 saturated carbocycles. The molecule has 0 aromatic heterocycles. The molecule has 138 valence electrons. The maximum absolute atomic E-state index is 12.8. The molecule has 0 unspecified atom stereocenters. The lowest BCUT2D eigenvalue weighted by molar-refractivity contribution is -0.137. The SMILES string of the molecule is O=C(CSCc1ccc2c(c1)OCO2)Nc1ccc(Cl)c(C(F)(F)F)c1. The Morgan fingerprint density at radius 1 is 1.15 bits per heavy atom. The number of nitrogens with one attached hydrogen (secondary N) is 1. The molecule has 9 heteroatoms. The van der Waals surface area contributed by atoms with Crippen LogP contribution in [-0.2, 0) is 16.7 Å². The second-order valence-corrected chi connectivity index (χ2v) is 6.81. The zero-order valence-electron chi connectivity index (χ0n) is 13.2. The van der Waals surface area contributed by atoms with Crippen molar-refractivity contribution in [3.63, 3.8) is 0 Å². The molecule has 0 fully saturated rings. The molecule has 3 rings (SSSR count). The highest BCUT2D eigenvalue weighted by Gasteiger charge is 2.33. The summed E-state index contributed by atoms with van der Waals surface area (Å²) >= 11 is 6.89. The molecule has 1 N–H and O–H groups in total. The van der Waals surface area contributed by atoms with E-state index in [1.807, 2.05) is 12.1 Å². The first-order valence-corrected chi connectivity index (χ1v) is 8.99. The highest BCUT2D eigenvalue weighted by atomic mass is 35.5.